The molecule has 0 aliphatic carbocycles. The number of benzene rings is 1. The van der Waals surface area contributed by atoms with Crippen molar-refractivity contribution in [3.8, 4) is 10.4 Å². The van der Waals surface area contributed by atoms with Crippen molar-refractivity contribution < 1.29 is 29.0 Å². The molecule has 248 valence electrons. The molecule has 1 aromatic carbocycles. The molecule has 1 aliphatic rings. The van der Waals surface area contributed by atoms with E-state index in [-0.39, 0.29) is 37.7 Å². The van der Waals surface area contributed by atoms with Crippen LogP contribution in [-0.2, 0) is 25.7 Å². The van der Waals surface area contributed by atoms with Gasteiger partial charge in [0, 0.05) is 30.7 Å². The molecule has 1 saturated heterocycles. The summed E-state index contributed by atoms with van der Waals surface area (Å²) < 4.78 is 3.81. The van der Waals surface area contributed by atoms with Crippen LogP contribution >= 0.6 is 24.0 Å². The van der Waals surface area contributed by atoms with Gasteiger partial charge in [0.05, 0.1) is 28.8 Å². The standard InChI is InChI=1S/C32H47N5O6S2/c1-21-27(45-20-35-21)23-14-12-22(13-15-23)18-34-29(40)25-17-24(38)19-37(25)30(41)28(32(2,3)44)36-26(39)11-9-7-5-4-6-8-10-16-43-31(33)42/h12-15,20,24-25,28,38,44H,4-11,16-19H2,1-3H3,(H2,33,42)(H,34,40)(H,36,39)/t24-,25+,28-/m1/s1. The second-order valence-electron chi connectivity index (χ2n) is 12.1. The average molecular weight is 662 g/mol. The quantitative estimate of drug-likeness (QED) is 0.126. The minimum Gasteiger partial charge on any atom is -0.450 e. The van der Waals surface area contributed by atoms with Gasteiger partial charge in [-0.25, -0.2) is 9.78 Å². The highest BCUT2D eigenvalue weighted by molar-refractivity contribution is 7.81. The minimum atomic E-state index is -0.973. The van der Waals surface area contributed by atoms with E-state index in [0.717, 1.165) is 60.2 Å². The van der Waals surface area contributed by atoms with Crippen LogP contribution in [0.4, 0.5) is 4.79 Å². The van der Waals surface area contributed by atoms with Crippen LogP contribution in [-0.4, -0.2) is 74.9 Å². The van der Waals surface area contributed by atoms with E-state index in [1.165, 1.54) is 4.90 Å². The first-order valence-electron chi connectivity index (χ1n) is 15.6. The molecule has 0 saturated carbocycles. The molecule has 5 N–H and O–H groups in total. The van der Waals surface area contributed by atoms with E-state index in [1.54, 1.807) is 25.2 Å². The van der Waals surface area contributed by atoms with Gasteiger partial charge in [-0.2, -0.15) is 12.6 Å². The summed E-state index contributed by atoms with van der Waals surface area (Å²) in [6.45, 7) is 6.07. The van der Waals surface area contributed by atoms with E-state index < -0.39 is 34.9 Å². The van der Waals surface area contributed by atoms with E-state index in [0.29, 0.717) is 13.0 Å². The lowest BCUT2D eigenvalue weighted by Crippen LogP contribution is -2.59. The molecule has 0 unspecified atom stereocenters. The SMILES string of the molecule is Cc1ncsc1-c1ccc(CNC(=O)[C@@H]2C[C@@H](O)CN2C(=O)[C@@H](NC(=O)CCCCCCCCCOC(N)=O)C(C)(C)S)cc1. The Morgan fingerprint density at radius 2 is 1.76 bits per heavy atom. The van der Waals surface area contributed by atoms with Crippen LogP contribution in [0.5, 0.6) is 0 Å². The summed E-state index contributed by atoms with van der Waals surface area (Å²) in [5.41, 5.74) is 9.69. The minimum absolute atomic E-state index is 0.00466. The predicted molar refractivity (Wildman–Crippen MR) is 178 cm³/mol. The summed E-state index contributed by atoms with van der Waals surface area (Å²) in [5.74, 6) is -1.05. The number of aromatic nitrogens is 1. The highest BCUT2D eigenvalue weighted by atomic mass is 32.1. The van der Waals surface area contributed by atoms with Crippen molar-refractivity contribution >= 4 is 47.8 Å². The van der Waals surface area contributed by atoms with Gasteiger partial charge in [-0.3, -0.25) is 14.4 Å². The molecule has 0 bridgehead atoms. The molecule has 2 aromatic rings. The molecular formula is C32H47N5O6S2. The lowest BCUT2D eigenvalue weighted by molar-refractivity contribution is -0.142. The van der Waals surface area contributed by atoms with Gasteiger partial charge in [-0.15, -0.1) is 11.3 Å². The van der Waals surface area contributed by atoms with Gasteiger partial charge in [0.2, 0.25) is 17.7 Å². The maximum atomic E-state index is 13.7. The van der Waals surface area contributed by atoms with Crippen LogP contribution in [0, 0.1) is 6.92 Å². The van der Waals surface area contributed by atoms with Gasteiger partial charge < -0.3 is 31.1 Å². The van der Waals surface area contributed by atoms with Crippen molar-refractivity contribution in [2.75, 3.05) is 13.2 Å². The number of thiazole rings is 1. The second-order valence-corrected chi connectivity index (χ2v) is 14.1. The van der Waals surface area contributed by atoms with Crippen molar-refractivity contribution in [2.24, 2.45) is 5.73 Å². The van der Waals surface area contributed by atoms with Crippen LogP contribution in [0.3, 0.4) is 0 Å². The number of aliphatic hydroxyl groups excluding tert-OH is 1. The summed E-state index contributed by atoms with van der Waals surface area (Å²) >= 11 is 6.18. The Labute approximate surface area is 275 Å². The summed E-state index contributed by atoms with van der Waals surface area (Å²) in [7, 11) is 0. The number of hydrogen-bond acceptors (Lipinski definition) is 9. The number of ether oxygens (including phenoxy) is 1. The van der Waals surface area contributed by atoms with Crippen LogP contribution in [0.25, 0.3) is 10.4 Å². The summed E-state index contributed by atoms with van der Waals surface area (Å²) in [6, 6.07) is 6.04. The van der Waals surface area contributed by atoms with Crippen molar-refractivity contribution in [3.63, 3.8) is 0 Å². The van der Waals surface area contributed by atoms with E-state index in [1.807, 2.05) is 36.7 Å². The zero-order valence-electron chi connectivity index (χ0n) is 26.4. The van der Waals surface area contributed by atoms with E-state index >= 15 is 0 Å². The number of rotatable bonds is 17. The first-order chi connectivity index (χ1) is 21.4. The molecule has 0 radical (unpaired) electrons. The van der Waals surface area contributed by atoms with Crippen molar-refractivity contribution in [2.45, 2.75) is 108 Å². The monoisotopic (exact) mass is 661 g/mol. The molecule has 2 heterocycles. The number of primary amides is 1. The fourth-order valence-corrected chi connectivity index (χ4v) is 6.34. The smallest absolute Gasteiger partial charge is 0.404 e. The molecule has 0 spiro atoms. The topological polar surface area (TPSA) is 164 Å². The summed E-state index contributed by atoms with van der Waals surface area (Å²) in [6.07, 6.45) is 5.07. The number of thiol groups is 1. The second kappa shape index (κ2) is 17.5. The zero-order valence-corrected chi connectivity index (χ0v) is 28.1. The van der Waals surface area contributed by atoms with E-state index in [9.17, 15) is 24.3 Å². The normalized spacial score (nSPS) is 17.1. The lowest BCUT2D eigenvalue weighted by atomic mass is 10.00. The van der Waals surface area contributed by atoms with Crippen LogP contribution < -0.4 is 16.4 Å². The molecule has 11 nitrogen and oxygen atoms in total. The Balaban J connectivity index is 1.48. The first kappa shape index (κ1) is 36.3. The summed E-state index contributed by atoms with van der Waals surface area (Å²) in [4.78, 5) is 57.2. The number of nitrogens with one attached hydrogen (secondary N) is 2. The molecule has 13 heteroatoms. The molecule has 1 aromatic heterocycles. The van der Waals surface area contributed by atoms with Crippen LogP contribution in [0.1, 0.15) is 82.9 Å². The Morgan fingerprint density at radius 1 is 1.11 bits per heavy atom. The van der Waals surface area contributed by atoms with Crippen LogP contribution in [0.15, 0.2) is 29.8 Å². The Morgan fingerprint density at radius 3 is 2.36 bits per heavy atom. The predicted octanol–water partition coefficient (Wildman–Crippen LogP) is 4.11. The number of β-amino-alcohol motifs (C(OH)–C–C–N with tert-alkyl or cyclic N) is 1. The number of aryl methyl sites for hydroxylation is 1. The van der Waals surface area contributed by atoms with Crippen LogP contribution in [0.2, 0.25) is 0 Å². The van der Waals surface area contributed by atoms with Crippen molar-refractivity contribution in [1.82, 2.24) is 20.5 Å². The third-order valence-corrected chi connectivity index (χ3v) is 9.08. The molecule has 3 rings (SSSR count). The Hall–Kier alpha value is -3.16. The van der Waals surface area contributed by atoms with Gasteiger partial charge >= 0.3 is 6.09 Å². The zero-order chi connectivity index (χ0) is 33.0. The first-order valence-corrected chi connectivity index (χ1v) is 16.9. The molecule has 3 atom stereocenters. The number of likely N-dealkylation sites (tertiary alicyclic amines) is 1. The van der Waals surface area contributed by atoms with Crippen molar-refractivity contribution in [3.05, 3.63) is 41.0 Å². The van der Waals surface area contributed by atoms with Gasteiger partial charge in [-0.05, 0) is 44.7 Å². The van der Waals surface area contributed by atoms with Crippen molar-refractivity contribution in [1.29, 1.82) is 0 Å². The number of unbranched alkanes of at least 4 members (excludes halogenated alkanes) is 6. The summed E-state index contributed by atoms with van der Waals surface area (Å²) in [5, 5.41) is 16.2. The fourth-order valence-electron chi connectivity index (χ4n) is 5.35. The van der Waals surface area contributed by atoms with E-state index in [2.05, 4.69) is 28.2 Å². The molecule has 45 heavy (non-hydrogen) atoms. The third-order valence-electron chi connectivity index (χ3n) is 7.84. The Kier molecular flexibility index (Phi) is 14.1. The lowest BCUT2D eigenvalue weighted by Gasteiger charge is -2.34. The number of nitrogens with zero attached hydrogens (tertiary/aromatic N) is 2. The molecule has 4 amide bonds. The van der Waals surface area contributed by atoms with Gasteiger partial charge in [0.15, 0.2) is 0 Å². The fraction of sp³-hybridized carbons (Fsp3) is 0.594. The largest absolute Gasteiger partial charge is 0.450 e. The highest BCUT2D eigenvalue weighted by Crippen LogP contribution is 2.28. The van der Waals surface area contributed by atoms with Gasteiger partial charge in [-0.1, -0.05) is 56.4 Å². The van der Waals surface area contributed by atoms with Gasteiger partial charge in [0.1, 0.15) is 12.1 Å². The molecule has 1 aliphatic heterocycles. The Bertz CT molecular complexity index is 1280. The third kappa shape index (κ3) is 11.6. The maximum absolute atomic E-state index is 13.7. The average Bonchev–Trinajstić information content (AvgIpc) is 3.60. The maximum Gasteiger partial charge on any atom is 0.404 e. The molecule has 1 fully saturated rings. The number of amides is 4. The number of carbonyl (C=O) groups is 4. The highest BCUT2D eigenvalue weighted by Gasteiger charge is 2.44. The molecular weight excluding hydrogens is 615 g/mol. The van der Waals surface area contributed by atoms with E-state index in [4.69, 9.17) is 10.5 Å². The number of nitrogens with two attached hydrogens (primary N) is 1. The number of hydrogen-bond donors (Lipinski definition) is 5. The van der Waals surface area contributed by atoms with Gasteiger partial charge in [0.25, 0.3) is 0 Å². The number of carbonyl (C=O) groups excluding carboxylic acids is 4. The number of aliphatic hydroxyl groups is 1.